The van der Waals surface area contributed by atoms with Gasteiger partial charge >= 0.3 is 0 Å². The molecule has 3 N–H and O–H groups in total. The van der Waals surface area contributed by atoms with E-state index >= 15 is 0 Å². The largest absolute Gasteiger partial charge is 0.327 e. The highest BCUT2D eigenvalue weighted by Crippen LogP contribution is 2.08. The smallest absolute Gasteiger partial charge is 0.0165 e. The lowest BCUT2D eigenvalue weighted by atomic mass is 10.1. The van der Waals surface area contributed by atoms with E-state index in [0.717, 1.165) is 32.4 Å². The molecule has 0 aromatic rings. The Labute approximate surface area is 139 Å². The third-order valence-electron chi connectivity index (χ3n) is 4.02. The summed E-state index contributed by atoms with van der Waals surface area (Å²) in [4.78, 5) is 0. The van der Waals surface area contributed by atoms with Gasteiger partial charge in [0.15, 0.2) is 0 Å². The van der Waals surface area contributed by atoms with Gasteiger partial charge in [-0.05, 0) is 40.0 Å². The summed E-state index contributed by atoms with van der Waals surface area (Å²) in [6.07, 6.45) is 16.2. The quantitative estimate of drug-likeness (QED) is 0.335. The van der Waals surface area contributed by atoms with Crippen molar-refractivity contribution in [2.75, 3.05) is 13.1 Å². The Kier molecular flexibility index (Phi) is 14.9. The van der Waals surface area contributed by atoms with Crippen molar-refractivity contribution in [2.24, 2.45) is 5.73 Å². The Hall–Kier alpha value is -0.600. The molecule has 0 amide bonds. The summed E-state index contributed by atoms with van der Waals surface area (Å²) in [5.74, 6) is 0. The average Bonchev–Trinajstić information content (AvgIpc) is 2.47. The highest BCUT2D eigenvalue weighted by atomic mass is 14.9. The molecule has 0 aromatic carbocycles. The first-order valence-corrected chi connectivity index (χ1v) is 9.31. The van der Waals surface area contributed by atoms with E-state index in [-0.39, 0.29) is 0 Å². The van der Waals surface area contributed by atoms with Crippen LogP contribution in [0.2, 0.25) is 0 Å². The Morgan fingerprint density at radius 3 is 2.36 bits per heavy atom. The third kappa shape index (κ3) is 15.8. The fourth-order valence-electron chi connectivity index (χ4n) is 2.49. The zero-order valence-electron chi connectivity index (χ0n) is 15.6. The van der Waals surface area contributed by atoms with Gasteiger partial charge in [0.2, 0.25) is 0 Å². The molecule has 0 aromatic heterocycles. The molecule has 0 saturated heterocycles. The Morgan fingerprint density at radius 1 is 1.00 bits per heavy atom. The molecule has 0 aliphatic carbocycles. The lowest BCUT2D eigenvalue weighted by molar-refractivity contribution is 0.512. The zero-order chi connectivity index (χ0) is 16.6. The molecule has 2 nitrogen and oxygen atoms in total. The molecular formula is C20H40N2. The van der Waals surface area contributed by atoms with Crippen molar-refractivity contribution >= 4 is 0 Å². The van der Waals surface area contributed by atoms with Crippen LogP contribution in [0.1, 0.15) is 85.5 Å². The van der Waals surface area contributed by atoms with Gasteiger partial charge in [-0.2, -0.15) is 0 Å². The topological polar surface area (TPSA) is 38.0 Å². The monoisotopic (exact) mass is 308 g/mol. The number of allylic oxidation sites excluding steroid dienone is 3. The van der Waals surface area contributed by atoms with Crippen LogP contribution in [-0.2, 0) is 0 Å². The summed E-state index contributed by atoms with van der Waals surface area (Å²) >= 11 is 0. The van der Waals surface area contributed by atoms with Crippen molar-refractivity contribution in [3.8, 4) is 0 Å². The number of nitrogens with one attached hydrogen (secondary N) is 1. The van der Waals surface area contributed by atoms with Crippen LogP contribution >= 0.6 is 0 Å². The second-order valence-electron chi connectivity index (χ2n) is 6.85. The standard InChI is InChI=1S/C20H40N2/c1-5-6-7-8-9-10-14-20(21)17-22-16-15-19(4)13-11-12-18(2)3/h12,15,20,22H,5-11,13-14,16-17,21H2,1-4H3. The lowest BCUT2D eigenvalue weighted by Gasteiger charge is -2.12. The van der Waals surface area contributed by atoms with E-state index in [1.165, 1.54) is 49.7 Å². The maximum atomic E-state index is 6.15. The van der Waals surface area contributed by atoms with Gasteiger partial charge in [-0.25, -0.2) is 0 Å². The molecule has 2 heteroatoms. The molecule has 0 aliphatic rings. The number of hydrogen-bond acceptors (Lipinski definition) is 2. The van der Waals surface area contributed by atoms with Crippen LogP contribution < -0.4 is 11.1 Å². The van der Waals surface area contributed by atoms with Gasteiger partial charge in [-0.3, -0.25) is 0 Å². The second-order valence-corrected chi connectivity index (χ2v) is 6.85. The van der Waals surface area contributed by atoms with E-state index in [1.54, 1.807) is 0 Å². The molecular weight excluding hydrogens is 268 g/mol. The summed E-state index contributed by atoms with van der Waals surface area (Å²) in [5.41, 5.74) is 9.03. The Bertz CT molecular complexity index is 301. The van der Waals surface area contributed by atoms with Crippen molar-refractivity contribution in [3.63, 3.8) is 0 Å². The highest BCUT2D eigenvalue weighted by Gasteiger charge is 2.01. The molecule has 0 fully saturated rings. The van der Waals surface area contributed by atoms with Gasteiger partial charge in [0.05, 0.1) is 0 Å². The highest BCUT2D eigenvalue weighted by molar-refractivity contribution is 5.02. The molecule has 130 valence electrons. The van der Waals surface area contributed by atoms with Gasteiger partial charge in [0.25, 0.3) is 0 Å². The van der Waals surface area contributed by atoms with Crippen LogP contribution in [0.5, 0.6) is 0 Å². The third-order valence-corrected chi connectivity index (χ3v) is 4.02. The summed E-state index contributed by atoms with van der Waals surface area (Å²) in [6, 6.07) is 0.311. The van der Waals surface area contributed by atoms with Crippen molar-refractivity contribution in [2.45, 2.75) is 91.5 Å². The van der Waals surface area contributed by atoms with Crippen LogP contribution in [0.25, 0.3) is 0 Å². The normalized spacial score (nSPS) is 13.2. The first kappa shape index (κ1) is 21.4. The minimum Gasteiger partial charge on any atom is -0.327 e. The minimum absolute atomic E-state index is 0.311. The Balaban J connectivity index is 3.50. The zero-order valence-corrected chi connectivity index (χ0v) is 15.6. The van der Waals surface area contributed by atoms with E-state index < -0.39 is 0 Å². The predicted molar refractivity (Wildman–Crippen MR) is 101 cm³/mol. The SMILES string of the molecule is CCCCCCCCC(N)CNCC=C(C)CCC=C(C)C. The van der Waals surface area contributed by atoms with Crippen molar-refractivity contribution < 1.29 is 0 Å². The predicted octanol–water partition coefficient (Wildman–Crippen LogP) is 5.35. The molecule has 0 heterocycles. The molecule has 0 rings (SSSR count). The minimum atomic E-state index is 0.311. The molecule has 0 saturated carbocycles. The molecule has 1 atom stereocenters. The van der Waals surface area contributed by atoms with E-state index in [0.29, 0.717) is 6.04 Å². The van der Waals surface area contributed by atoms with Crippen LogP contribution in [0.3, 0.4) is 0 Å². The maximum Gasteiger partial charge on any atom is 0.0165 e. The van der Waals surface area contributed by atoms with Crippen molar-refractivity contribution in [1.82, 2.24) is 5.32 Å². The molecule has 0 aliphatic heterocycles. The summed E-state index contributed by atoms with van der Waals surface area (Å²) in [7, 11) is 0. The van der Waals surface area contributed by atoms with Gasteiger partial charge in [0.1, 0.15) is 0 Å². The van der Waals surface area contributed by atoms with Gasteiger partial charge in [-0.1, -0.05) is 68.7 Å². The molecule has 1 unspecified atom stereocenters. The van der Waals surface area contributed by atoms with Gasteiger partial charge < -0.3 is 11.1 Å². The van der Waals surface area contributed by atoms with E-state index in [9.17, 15) is 0 Å². The van der Waals surface area contributed by atoms with Crippen LogP contribution in [0, 0.1) is 0 Å². The van der Waals surface area contributed by atoms with Crippen molar-refractivity contribution in [1.29, 1.82) is 0 Å². The molecule has 0 radical (unpaired) electrons. The van der Waals surface area contributed by atoms with Gasteiger partial charge in [-0.15, -0.1) is 0 Å². The van der Waals surface area contributed by atoms with E-state index in [1.807, 2.05) is 0 Å². The first-order valence-electron chi connectivity index (χ1n) is 9.31. The average molecular weight is 309 g/mol. The van der Waals surface area contributed by atoms with Crippen LogP contribution in [-0.4, -0.2) is 19.1 Å². The number of nitrogens with two attached hydrogens (primary N) is 1. The fraction of sp³-hybridized carbons (Fsp3) is 0.800. The van der Waals surface area contributed by atoms with E-state index in [4.69, 9.17) is 5.73 Å². The summed E-state index contributed by atoms with van der Waals surface area (Å²) < 4.78 is 0. The fourth-order valence-corrected chi connectivity index (χ4v) is 2.49. The molecule has 0 bridgehead atoms. The first-order chi connectivity index (χ1) is 10.6. The summed E-state index contributed by atoms with van der Waals surface area (Å²) in [5, 5.41) is 3.46. The molecule has 22 heavy (non-hydrogen) atoms. The number of rotatable bonds is 14. The number of unbranched alkanes of at least 4 members (excludes halogenated alkanes) is 5. The van der Waals surface area contributed by atoms with E-state index in [2.05, 4.69) is 45.2 Å². The second kappa shape index (κ2) is 15.3. The van der Waals surface area contributed by atoms with Crippen LogP contribution in [0.15, 0.2) is 23.3 Å². The van der Waals surface area contributed by atoms with Crippen LogP contribution in [0.4, 0.5) is 0 Å². The van der Waals surface area contributed by atoms with Crippen molar-refractivity contribution in [3.05, 3.63) is 23.3 Å². The summed E-state index contributed by atoms with van der Waals surface area (Å²) in [6.45, 7) is 10.7. The lowest BCUT2D eigenvalue weighted by Crippen LogP contribution is -2.33. The Morgan fingerprint density at radius 2 is 1.68 bits per heavy atom. The maximum absolute atomic E-state index is 6.15. The van der Waals surface area contributed by atoms with Gasteiger partial charge in [0, 0.05) is 19.1 Å². The number of hydrogen-bond donors (Lipinski definition) is 2. The molecule has 0 spiro atoms.